The zero-order chi connectivity index (χ0) is 17.8. The lowest BCUT2D eigenvalue weighted by Crippen LogP contribution is -2.11. The molecule has 1 aromatic heterocycles. The van der Waals surface area contributed by atoms with Crippen molar-refractivity contribution in [1.82, 2.24) is 0 Å². The molecule has 1 N–H and O–H groups in total. The van der Waals surface area contributed by atoms with Gasteiger partial charge in [-0.05, 0) is 61.9 Å². The van der Waals surface area contributed by atoms with Gasteiger partial charge in [-0.3, -0.25) is 4.79 Å². The number of hydrogen-bond donors (Lipinski definition) is 1. The number of carbonyl (C=O) groups is 1. The number of amides is 1. The van der Waals surface area contributed by atoms with Crippen molar-refractivity contribution in [2.75, 3.05) is 5.32 Å². The highest BCUT2D eigenvalue weighted by molar-refractivity contribution is 9.10. The number of aryl methyl sites for hydroxylation is 2. The number of hydrogen-bond acceptors (Lipinski definition) is 3. The van der Waals surface area contributed by atoms with Crippen molar-refractivity contribution in [3.63, 3.8) is 0 Å². The molecule has 25 heavy (non-hydrogen) atoms. The molecule has 0 aliphatic carbocycles. The van der Waals surface area contributed by atoms with Gasteiger partial charge in [-0.1, -0.05) is 33.6 Å². The molecular formula is C20H18BrNO3. The average Bonchev–Trinajstić information content (AvgIpc) is 3.06. The van der Waals surface area contributed by atoms with Crippen LogP contribution in [-0.4, -0.2) is 5.91 Å². The lowest BCUT2D eigenvalue weighted by Gasteiger charge is -2.07. The van der Waals surface area contributed by atoms with Gasteiger partial charge in [0.05, 0.1) is 0 Å². The summed E-state index contributed by atoms with van der Waals surface area (Å²) in [7, 11) is 0. The monoisotopic (exact) mass is 399 g/mol. The molecule has 4 nitrogen and oxygen atoms in total. The van der Waals surface area contributed by atoms with Crippen LogP contribution in [0.5, 0.6) is 5.75 Å². The Balaban J connectivity index is 1.62. The number of benzene rings is 2. The average molecular weight is 400 g/mol. The molecule has 0 aliphatic rings. The maximum absolute atomic E-state index is 12.3. The Morgan fingerprint density at radius 1 is 1.08 bits per heavy atom. The second-order valence-corrected chi connectivity index (χ2v) is 6.70. The van der Waals surface area contributed by atoms with Gasteiger partial charge in [0.1, 0.15) is 18.1 Å². The fraction of sp³-hybridized carbons (Fsp3) is 0.150. The first-order valence-electron chi connectivity index (χ1n) is 7.87. The van der Waals surface area contributed by atoms with Gasteiger partial charge in [0.25, 0.3) is 5.91 Å². The lowest BCUT2D eigenvalue weighted by molar-refractivity contribution is 0.0992. The molecule has 1 heterocycles. The molecule has 5 heteroatoms. The number of ether oxygens (including phenoxy) is 1. The van der Waals surface area contributed by atoms with Gasteiger partial charge in [-0.15, -0.1) is 0 Å². The van der Waals surface area contributed by atoms with Crippen molar-refractivity contribution in [3.8, 4) is 5.75 Å². The number of nitrogens with one attached hydrogen (secondary N) is 1. The molecule has 0 aliphatic heterocycles. The van der Waals surface area contributed by atoms with Gasteiger partial charge in [-0.2, -0.15) is 0 Å². The van der Waals surface area contributed by atoms with E-state index >= 15 is 0 Å². The molecule has 0 bridgehead atoms. The highest BCUT2D eigenvalue weighted by Crippen LogP contribution is 2.21. The fourth-order valence-corrected chi connectivity index (χ4v) is 2.79. The second kappa shape index (κ2) is 7.57. The first kappa shape index (κ1) is 17.3. The molecule has 1 amide bonds. The van der Waals surface area contributed by atoms with Gasteiger partial charge < -0.3 is 14.5 Å². The minimum absolute atomic E-state index is 0.254. The summed E-state index contributed by atoms with van der Waals surface area (Å²) in [6.07, 6.45) is 0. The van der Waals surface area contributed by atoms with Crippen LogP contribution >= 0.6 is 15.9 Å². The van der Waals surface area contributed by atoms with E-state index in [9.17, 15) is 4.79 Å². The van der Waals surface area contributed by atoms with Crippen LogP contribution in [0.3, 0.4) is 0 Å². The summed E-state index contributed by atoms with van der Waals surface area (Å²) in [5.74, 6) is 1.33. The molecule has 3 rings (SSSR count). The summed E-state index contributed by atoms with van der Waals surface area (Å²) in [6.45, 7) is 4.23. The van der Waals surface area contributed by atoms with Crippen LogP contribution in [0.1, 0.15) is 27.4 Å². The Bertz CT molecular complexity index is 884. The van der Waals surface area contributed by atoms with Crippen LogP contribution in [-0.2, 0) is 6.61 Å². The first-order valence-corrected chi connectivity index (χ1v) is 8.66. The number of carbonyl (C=O) groups excluding carboxylic acids is 1. The van der Waals surface area contributed by atoms with Crippen LogP contribution in [0.15, 0.2) is 63.5 Å². The van der Waals surface area contributed by atoms with Gasteiger partial charge in [0.2, 0.25) is 0 Å². The molecule has 3 aromatic rings. The smallest absolute Gasteiger partial charge is 0.291 e. The quantitative estimate of drug-likeness (QED) is 0.616. The van der Waals surface area contributed by atoms with E-state index in [1.807, 2.05) is 56.3 Å². The third kappa shape index (κ3) is 4.51. The summed E-state index contributed by atoms with van der Waals surface area (Å²) >= 11 is 3.41. The molecule has 0 unspecified atom stereocenters. The van der Waals surface area contributed by atoms with Gasteiger partial charge in [0, 0.05) is 10.2 Å². The summed E-state index contributed by atoms with van der Waals surface area (Å²) < 4.78 is 12.2. The molecular weight excluding hydrogens is 382 g/mol. The molecule has 0 saturated heterocycles. The van der Waals surface area contributed by atoms with Crippen molar-refractivity contribution in [2.24, 2.45) is 0 Å². The van der Waals surface area contributed by atoms with E-state index in [1.165, 1.54) is 5.56 Å². The number of rotatable bonds is 5. The first-order chi connectivity index (χ1) is 12.0. The highest BCUT2D eigenvalue weighted by atomic mass is 79.9. The molecule has 0 radical (unpaired) electrons. The van der Waals surface area contributed by atoms with E-state index < -0.39 is 0 Å². The number of furan rings is 1. The molecule has 2 aromatic carbocycles. The van der Waals surface area contributed by atoms with Crippen molar-refractivity contribution in [1.29, 1.82) is 0 Å². The predicted molar refractivity (Wildman–Crippen MR) is 101 cm³/mol. The van der Waals surface area contributed by atoms with Crippen LogP contribution in [0, 0.1) is 13.8 Å². The minimum Gasteiger partial charge on any atom is -0.486 e. The Labute approximate surface area is 154 Å². The normalized spacial score (nSPS) is 10.5. The zero-order valence-electron chi connectivity index (χ0n) is 14.0. The topological polar surface area (TPSA) is 51.5 Å². The fourth-order valence-electron chi connectivity index (χ4n) is 2.32. The molecule has 128 valence electrons. The van der Waals surface area contributed by atoms with Crippen LogP contribution in [0.2, 0.25) is 0 Å². The van der Waals surface area contributed by atoms with Crippen LogP contribution < -0.4 is 10.1 Å². The van der Waals surface area contributed by atoms with Gasteiger partial charge >= 0.3 is 0 Å². The minimum atomic E-state index is -0.285. The Morgan fingerprint density at radius 2 is 1.84 bits per heavy atom. The summed E-state index contributed by atoms with van der Waals surface area (Å²) in [6, 6.07) is 16.8. The van der Waals surface area contributed by atoms with Crippen LogP contribution in [0.25, 0.3) is 0 Å². The molecule has 0 spiro atoms. The van der Waals surface area contributed by atoms with Crippen molar-refractivity contribution >= 4 is 27.5 Å². The van der Waals surface area contributed by atoms with E-state index in [4.69, 9.17) is 9.15 Å². The van der Waals surface area contributed by atoms with Crippen molar-refractivity contribution in [3.05, 3.63) is 81.7 Å². The zero-order valence-corrected chi connectivity index (χ0v) is 15.6. The number of anilines is 1. The Kier molecular flexibility index (Phi) is 5.24. The third-order valence-electron chi connectivity index (χ3n) is 3.72. The van der Waals surface area contributed by atoms with Crippen molar-refractivity contribution in [2.45, 2.75) is 20.5 Å². The highest BCUT2D eigenvalue weighted by Gasteiger charge is 2.13. The largest absolute Gasteiger partial charge is 0.486 e. The van der Waals surface area contributed by atoms with E-state index in [-0.39, 0.29) is 18.3 Å². The predicted octanol–water partition coefficient (Wildman–Crippen LogP) is 5.49. The number of halogens is 1. The van der Waals surface area contributed by atoms with E-state index in [0.717, 1.165) is 21.5 Å². The summed E-state index contributed by atoms with van der Waals surface area (Å²) in [5, 5.41) is 2.85. The maximum atomic E-state index is 12.3. The van der Waals surface area contributed by atoms with E-state index in [0.29, 0.717) is 5.76 Å². The molecule has 0 fully saturated rings. The van der Waals surface area contributed by atoms with E-state index in [2.05, 4.69) is 21.2 Å². The molecule has 0 saturated carbocycles. The van der Waals surface area contributed by atoms with Crippen LogP contribution in [0.4, 0.5) is 5.69 Å². The van der Waals surface area contributed by atoms with Gasteiger partial charge in [-0.25, -0.2) is 0 Å². The van der Waals surface area contributed by atoms with Crippen molar-refractivity contribution < 1.29 is 13.9 Å². The van der Waals surface area contributed by atoms with Gasteiger partial charge in [0.15, 0.2) is 5.76 Å². The summed E-state index contributed by atoms with van der Waals surface area (Å²) in [4.78, 5) is 12.3. The Hall–Kier alpha value is -2.53. The lowest BCUT2D eigenvalue weighted by atomic mass is 10.2. The Morgan fingerprint density at radius 3 is 2.56 bits per heavy atom. The van der Waals surface area contributed by atoms with E-state index in [1.54, 1.807) is 12.1 Å². The summed E-state index contributed by atoms with van der Waals surface area (Å²) in [5.41, 5.74) is 2.90. The maximum Gasteiger partial charge on any atom is 0.291 e. The second-order valence-electron chi connectivity index (χ2n) is 5.78. The standard InChI is InChI=1S/C20H18BrNO3/c1-13-3-6-16(7-4-13)24-12-17-8-10-19(25-17)20(23)22-18-9-5-15(21)11-14(18)2/h3-11H,12H2,1-2H3,(H,22,23). The third-order valence-corrected chi connectivity index (χ3v) is 4.22. The molecule has 0 atom stereocenters. The SMILES string of the molecule is Cc1ccc(OCc2ccc(C(=O)Nc3ccc(Br)cc3C)o2)cc1.